The Labute approximate surface area is 134 Å². The molecular formula is C18H16N2OS. The summed E-state index contributed by atoms with van der Waals surface area (Å²) in [5, 5.41) is 0.821. The van der Waals surface area contributed by atoms with Gasteiger partial charge in [-0.3, -0.25) is 14.7 Å². The fourth-order valence-corrected chi connectivity index (χ4v) is 4.15. The molecule has 4 rings (SSSR count). The summed E-state index contributed by atoms with van der Waals surface area (Å²) in [7, 11) is 0. The molecule has 3 unspecified atom stereocenters. The van der Waals surface area contributed by atoms with E-state index in [1.807, 2.05) is 48.2 Å². The summed E-state index contributed by atoms with van der Waals surface area (Å²) in [6.45, 7) is 1.95. The molecule has 22 heavy (non-hydrogen) atoms. The normalized spacial score (nSPS) is 27.0. The fourth-order valence-electron chi connectivity index (χ4n) is 3.12. The van der Waals surface area contributed by atoms with Gasteiger partial charge in [0.2, 0.25) is 5.91 Å². The van der Waals surface area contributed by atoms with Crippen LogP contribution in [0.5, 0.6) is 0 Å². The molecule has 2 aliphatic rings. The Morgan fingerprint density at radius 3 is 2.18 bits per heavy atom. The van der Waals surface area contributed by atoms with E-state index in [2.05, 4.69) is 24.3 Å². The number of nitrogens with zero attached hydrogens (tertiary/aromatic N) is 2. The van der Waals surface area contributed by atoms with Crippen molar-refractivity contribution in [2.75, 3.05) is 0 Å². The van der Waals surface area contributed by atoms with Crippen LogP contribution in [0.15, 0.2) is 65.7 Å². The molecule has 0 N–H and O–H groups in total. The highest BCUT2D eigenvalue weighted by molar-refractivity contribution is 8.15. The van der Waals surface area contributed by atoms with Crippen molar-refractivity contribution in [3.8, 4) is 0 Å². The Morgan fingerprint density at radius 1 is 0.955 bits per heavy atom. The quantitative estimate of drug-likeness (QED) is 0.845. The Hall–Kier alpha value is -2.07. The fraction of sp³-hybridized carbons (Fsp3) is 0.222. The van der Waals surface area contributed by atoms with Crippen LogP contribution in [0.2, 0.25) is 0 Å². The van der Waals surface area contributed by atoms with Crippen LogP contribution in [0.1, 0.15) is 30.1 Å². The maximum atomic E-state index is 12.6. The average Bonchev–Trinajstić information content (AvgIpc) is 3.06. The first-order valence-corrected chi connectivity index (χ1v) is 8.31. The SMILES string of the molecule is CC1SC2=NC(c3ccccc3)C(c3ccccc3)N2C1=O. The number of hydrogen-bond donors (Lipinski definition) is 0. The van der Waals surface area contributed by atoms with Gasteiger partial charge in [-0.05, 0) is 18.1 Å². The number of rotatable bonds is 2. The van der Waals surface area contributed by atoms with E-state index in [1.54, 1.807) is 11.8 Å². The largest absolute Gasteiger partial charge is 0.280 e. The zero-order valence-electron chi connectivity index (χ0n) is 12.2. The predicted octanol–water partition coefficient (Wildman–Crippen LogP) is 3.80. The van der Waals surface area contributed by atoms with Crippen molar-refractivity contribution < 1.29 is 4.79 Å². The first-order valence-electron chi connectivity index (χ1n) is 7.43. The monoisotopic (exact) mass is 308 g/mol. The molecule has 0 saturated carbocycles. The number of aliphatic imine (C=N–C) groups is 1. The average molecular weight is 308 g/mol. The second-order valence-electron chi connectivity index (χ2n) is 5.59. The third kappa shape index (κ3) is 2.06. The van der Waals surface area contributed by atoms with Crippen LogP contribution in [-0.2, 0) is 4.79 Å². The molecule has 1 saturated heterocycles. The standard InChI is InChI=1S/C18H16N2OS/c1-12-17(21)20-16(14-10-6-3-7-11-14)15(19-18(20)22-12)13-8-4-2-5-9-13/h2-12,15-16H,1H3. The molecule has 1 amide bonds. The van der Waals surface area contributed by atoms with E-state index >= 15 is 0 Å². The Balaban J connectivity index is 1.82. The minimum absolute atomic E-state index is 0.0254. The summed E-state index contributed by atoms with van der Waals surface area (Å²) in [5.41, 5.74) is 2.29. The van der Waals surface area contributed by atoms with Gasteiger partial charge in [0, 0.05) is 0 Å². The Bertz CT molecular complexity index is 729. The van der Waals surface area contributed by atoms with E-state index in [1.165, 1.54) is 0 Å². The van der Waals surface area contributed by atoms with Crippen molar-refractivity contribution >= 4 is 22.8 Å². The molecule has 2 aromatic rings. The van der Waals surface area contributed by atoms with Gasteiger partial charge in [0.05, 0.1) is 11.3 Å². The van der Waals surface area contributed by atoms with Gasteiger partial charge in [0.1, 0.15) is 6.04 Å². The van der Waals surface area contributed by atoms with Gasteiger partial charge in [0.25, 0.3) is 0 Å². The Morgan fingerprint density at radius 2 is 1.55 bits per heavy atom. The van der Waals surface area contributed by atoms with Crippen molar-refractivity contribution in [2.24, 2.45) is 4.99 Å². The van der Waals surface area contributed by atoms with E-state index < -0.39 is 0 Å². The van der Waals surface area contributed by atoms with Crippen molar-refractivity contribution in [3.63, 3.8) is 0 Å². The number of carbonyl (C=O) groups excluding carboxylic acids is 1. The topological polar surface area (TPSA) is 32.7 Å². The highest BCUT2D eigenvalue weighted by Gasteiger charge is 2.48. The molecule has 4 heteroatoms. The lowest BCUT2D eigenvalue weighted by Gasteiger charge is -2.26. The van der Waals surface area contributed by atoms with Crippen molar-refractivity contribution in [1.29, 1.82) is 0 Å². The van der Waals surface area contributed by atoms with Gasteiger partial charge in [-0.2, -0.15) is 0 Å². The van der Waals surface area contributed by atoms with Gasteiger partial charge in [0.15, 0.2) is 5.17 Å². The van der Waals surface area contributed by atoms with E-state index in [0.717, 1.165) is 16.3 Å². The zero-order valence-corrected chi connectivity index (χ0v) is 13.0. The van der Waals surface area contributed by atoms with Crippen LogP contribution < -0.4 is 0 Å². The maximum Gasteiger partial charge on any atom is 0.242 e. The van der Waals surface area contributed by atoms with Gasteiger partial charge in [-0.15, -0.1) is 0 Å². The van der Waals surface area contributed by atoms with Crippen molar-refractivity contribution in [1.82, 2.24) is 4.90 Å². The smallest absolute Gasteiger partial charge is 0.242 e. The number of amidine groups is 1. The third-order valence-electron chi connectivity index (χ3n) is 4.18. The molecule has 1 fully saturated rings. The van der Waals surface area contributed by atoms with Crippen LogP contribution in [0.25, 0.3) is 0 Å². The zero-order chi connectivity index (χ0) is 15.1. The number of thioether (sulfide) groups is 1. The van der Waals surface area contributed by atoms with Gasteiger partial charge >= 0.3 is 0 Å². The maximum absolute atomic E-state index is 12.6. The van der Waals surface area contributed by atoms with Crippen molar-refractivity contribution in [2.45, 2.75) is 24.3 Å². The number of hydrogen-bond acceptors (Lipinski definition) is 3. The lowest BCUT2D eigenvalue weighted by atomic mass is 9.93. The highest BCUT2D eigenvalue weighted by atomic mass is 32.2. The van der Waals surface area contributed by atoms with E-state index in [4.69, 9.17) is 4.99 Å². The molecule has 0 aliphatic carbocycles. The number of fused-ring (bicyclic) bond motifs is 1. The molecule has 110 valence electrons. The number of amides is 1. The van der Waals surface area contributed by atoms with Gasteiger partial charge < -0.3 is 0 Å². The first kappa shape index (κ1) is 13.6. The second-order valence-corrected chi connectivity index (χ2v) is 6.90. The van der Waals surface area contributed by atoms with Crippen LogP contribution in [0, 0.1) is 0 Å². The number of carbonyl (C=O) groups is 1. The van der Waals surface area contributed by atoms with E-state index in [-0.39, 0.29) is 23.2 Å². The highest BCUT2D eigenvalue weighted by Crippen LogP contribution is 2.48. The summed E-state index contributed by atoms with van der Waals surface area (Å²) < 4.78 is 0. The second kappa shape index (κ2) is 5.29. The van der Waals surface area contributed by atoms with E-state index in [9.17, 15) is 4.79 Å². The molecule has 0 radical (unpaired) electrons. The lowest BCUT2D eigenvalue weighted by Crippen LogP contribution is -2.33. The minimum Gasteiger partial charge on any atom is -0.280 e. The van der Waals surface area contributed by atoms with Crippen LogP contribution in [0.3, 0.4) is 0 Å². The molecule has 2 aromatic carbocycles. The third-order valence-corrected chi connectivity index (χ3v) is 5.25. The molecule has 2 heterocycles. The minimum atomic E-state index is -0.0401. The molecule has 0 spiro atoms. The Kier molecular flexibility index (Phi) is 3.26. The first-order chi connectivity index (χ1) is 10.8. The van der Waals surface area contributed by atoms with Gasteiger partial charge in [-0.1, -0.05) is 72.4 Å². The number of benzene rings is 2. The van der Waals surface area contributed by atoms with E-state index in [0.29, 0.717) is 0 Å². The van der Waals surface area contributed by atoms with Crippen LogP contribution >= 0.6 is 11.8 Å². The summed E-state index contributed by atoms with van der Waals surface area (Å²) in [6.07, 6.45) is 0. The summed E-state index contributed by atoms with van der Waals surface area (Å²) in [4.78, 5) is 19.3. The van der Waals surface area contributed by atoms with Crippen LogP contribution in [0.4, 0.5) is 0 Å². The summed E-state index contributed by atoms with van der Waals surface area (Å²) in [6, 6.07) is 20.4. The molecular weight excluding hydrogens is 292 g/mol. The van der Waals surface area contributed by atoms with Gasteiger partial charge in [-0.25, -0.2) is 0 Å². The molecule has 0 aromatic heterocycles. The lowest BCUT2D eigenvalue weighted by molar-refractivity contribution is -0.127. The molecule has 0 bridgehead atoms. The van der Waals surface area contributed by atoms with Crippen molar-refractivity contribution in [3.05, 3.63) is 71.8 Å². The van der Waals surface area contributed by atoms with Crippen LogP contribution in [-0.4, -0.2) is 21.2 Å². The summed E-state index contributed by atoms with van der Waals surface area (Å²) in [5.74, 6) is 0.163. The molecule has 3 atom stereocenters. The summed E-state index contributed by atoms with van der Waals surface area (Å²) >= 11 is 1.57. The predicted molar refractivity (Wildman–Crippen MR) is 89.7 cm³/mol. The molecule has 3 nitrogen and oxygen atoms in total. The molecule has 2 aliphatic heterocycles.